The zero-order valence-corrected chi connectivity index (χ0v) is 29.3. The fraction of sp³-hybridized carbons (Fsp3) is 0.415. The summed E-state index contributed by atoms with van der Waals surface area (Å²) in [5.74, 6) is 2.26. The summed E-state index contributed by atoms with van der Waals surface area (Å²) in [6.07, 6.45) is 2.47. The van der Waals surface area contributed by atoms with E-state index in [9.17, 15) is 9.59 Å². The van der Waals surface area contributed by atoms with E-state index in [-0.39, 0.29) is 29.0 Å². The third kappa shape index (κ3) is 6.73. The highest BCUT2D eigenvalue weighted by atomic mass is 16.5. The standard InChI is InChI=1S/C41H47NO6/c1-8-46-36-18-27(14-16-34(36)47-24-26-12-10-9-11-13-26)25-48-33-17-15-28(19-35(33)45-7)37-38-29(20-40(2,3)22-31(38)43)42(6)30-21-41(4,5)23-32(44)39(30)37/h9-19,37H,8,20-25H2,1-7H3. The van der Waals surface area contributed by atoms with E-state index in [2.05, 4.69) is 32.6 Å². The van der Waals surface area contributed by atoms with E-state index in [1.807, 2.05) is 80.7 Å². The van der Waals surface area contributed by atoms with Gasteiger partial charge in [-0.3, -0.25) is 9.59 Å². The van der Waals surface area contributed by atoms with Crippen LogP contribution in [0.5, 0.6) is 23.0 Å². The van der Waals surface area contributed by atoms with Gasteiger partial charge in [0.15, 0.2) is 34.6 Å². The lowest BCUT2D eigenvalue weighted by molar-refractivity contribution is -0.119. The fourth-order valence-corrected chi connectivity index (χ4v) is 7.41. The number of ketones is 2. The summed E-state index contributed by atoms with van der Waals surface area (Å²) in [5, 5.41) is 0. The topological polar surface area (TPSA) is 74.3 Å². The maximum atomic E-state index is 13.9. The maximum absolute atomic E-state index is 13.9. The molecule has 1 aliphatic heterocycles. The molecule has 3 aromatic rings. The van der Waals surface area contributed by atoms with Crippen molar-refractivity contribution in [3.05, 3.63) is 106 Å². The molecule has 252 valence electrons. The fourth-order valence-electron chi connectivity index (χ4n) is 7.41. The summed E-state index contributed by atoms with van der Waals surface area (Å²) >= 11 is 0. The predicted octanol–water partition coefficient (Wildman–Crippen LogP) is 8.57. The largest absolute Gasteiger partial charge is 0.493 e. The van der Waals surface area contributed by atoms with Gasteiger partial charge in [-0.1, -0.05) is 70.2 Å². The van der Waals surface area contributed by atoms with Gasteiger partial charge in [-0.05, 0) is 71.6 Å². The lowest BCUT2D eigenvalue weighted by Crippen LogP contribution is -2.43. The Morgan fingerprint density at radius 3 is 1.81 bits per heavy atom. The average Bonchev–Trinajstić information content (AvgIpc) is 3.04. The van der Waals surface area contributed by atoms with Crippen molar-refractivity contribution in [2.45, 2.75) is 79.4 Å². The Kier molecular flexibility index (Phi) is 9.16. The first-order chi connectivity index (χ1) is 22.9. The molecule has 3 aliphatic rings. The van der Waals surface area contributed by atoms with Crippen molar-refractivity contribution in [3.8, 4) is 23.0 Å². The number of nitrogens with zero attached hydrogens (tertiary/aromatic N) is 1. The van der Waals surface area contributed by atoms with Crippen LogP contribution < -0.4 is 18.9 Å². The predicted molar refractivity (Wildman–Crippen MR) is 186 cm³/mol. The van der Waals surface area contributed by atoms with Crippen LogP contribution in [0.15, 0.2) is 89.3 Å². The first-order valence-electron chi connectivity index (χ1n) is 16.9. The van der Waals surface area contributed by atoms with Gasteiger partial charge in [0, 0.05) is 48.3 Å². The Hall–Kier alpha value is -4.52. The van der Waals surface area contributed by atoms with E-state index in [0.29, 0.717) is 49.1 Å². The number of carbonyl (C=O) groups is 2. The molecule has 1 heterocycles. The third-order valence-corrected chi connectivity index (χ3v) is 9.64. The van der Waals surface area contributed by atoms with Crippen LogP contribution in [-0.4, -0.2) is 37.2 Å². The number of allylic oxidation sites excluding steroid dienone is 4. The number of methoxy groups -OCH3 is 1. The summed E-state index contributed by atoms with van der Waals surface area (Å²) in [4.78, 5) is 29.9. The Balaban J connectivity index is 1.28. The molecule has 0 saturated carbocycles. The minimum absolute atomic E-state index is 0.114. The minimum atomic E-state index is -0.432. The second-order valence-corrected chi connectivity index (χ2v) is 14.8. The zero-order chi connectivity index (χ0) is 34.2. The normalized spacial score (nSPS) is 18.8. The first-order valence-corrected chi connectivity index (χ1v) is 16.9. The Morgan fingerprint density at radius 2 is 1.23 bits per heavy atom. The lowest BCUT2D eigenvalue weighted by atomic mass is 9.64. The lowest BCUT2D eigenvalue weighted by Gasteiger charge is -2.47. The van der Waals surface area contributed by atoms with Gasteiger partial charge in [-0.2, -0.15) is 0 Å². The van der Waals surface area contributed by atoms with Crippen LogP contribution >= 0.6 is 0 Å². The van der Waals surface area contributed by atoms with Gasteiger partial charge in [0.05, 0.1) is 13.7 Å². The highest BCUT2D eigenvalue weighted by molar-refractivity contribution is 6.06. The summed E-state index contributed by atoms with van der Waals surface area (Å²) in [5.41, 5.74) is 6.13. The molecule has 0 N–H and O–H groups in total. The van der Waals surface area contributed by atoms with E-state index in [1.165, 1.54) is 0 Å². The summed E-state index contributed by atoms with van der Waals surface area (Å²) in [6, 6.07) is 21.7. The maximum Gasteiger partial charge on any atom is 0.162 e. The molecule has 0 atom stereocenters. The molecule has 6 rings (SSSR count). The van der Waals surface area contributed by atoms with Crippen LogP contribution in [0, 0.1) is 10.8 Å². The van der Waals surface area contributed by atoms with Crippen LogP contribution in [0.25, 0.3) is 0 Å². The Bertz CT molecular complexity index is 1730. The monoisotopic (exact) mass is 649 g/mol. The number of ether oxygens (including phenoxy) is 4. The molecule has 3 aromatic carbocycles. The van der Waals surface area contributed by atoms with Crippen molar-refractivity contribution in [2.24, 2.45) is 10.8 Å². The van der Waals surface area contributed by atoms with Gasteiger partial charge < -0.3 is 23.8 Å². The Morgan fingerprint density at radius 1 is 0.667 bits per heavy atom. The molecule has 7 nitrogen and oxygen atoms in total. The highest BCUT2D eigenvalue weighted by Gasteiger charge is 2.48. The highest BCUT2D eigenvalue weighted by Crippen LogP contribution is 2.54. The molecule has 48 heavy (non-hydrogen) atoms. The number of hydrogen-bond donors (Lipinski definition) is 0. The molecule has 0 spiro atoms. The molecule has 2 aliphatic carbocycles. The van der Waals surface area contributed by atoms with Gasteiger partial charge in [-0.15, -0.1) is 0 Å². The molecular formula is C41H47NO6. The van der Waals surface area contributed by atoms with Crippen LogP contribution in [-0.2, 0) is 22.8 Å². The van der Waals surface area contributed by atoms with Crippen LogP contribution in [0.4, 0.5) is 0 Å². The van der Waals surface area contributed by atoms with Gasteiger partial charge in [0.2, 0.25) is 0 Å². The molecule has 0 unspecified atom stereocenters. The number of rotatable bonds is 10. The molecule has 0 amide bonds. The van der Waals surface area contributed by atoms with Crippen molar-refractivity contribution < 1.29 is 28.5 Å². The van der Waals surface area contributed by atoms with Gasteiger partial charge in [-0.25, -0.2) is 0 Å². The van der Waals surface area contributed by atoms with Crippen LogP contribution in [0.2, 0.25) is 0 Å². The number of Topliss-reactive ketones (excluding diaryl/α,β-unsaturated/α-hetero) is 2. The summed E-state index contributed by atoms with van der Waals surface area (Å²) < 4.78 is 24.1. The summed E-state index contributed by atoms with van der Waals surface area (Å²) in [7, 11) is 3.64. The van der Waals surface area contributed by atoms with E-state index in [4.69, 9.17) is 18.9 Å². The second kappa shape index (κ2) is 13.2. The van der Waals surface area contributed by atoms with Crippen molar-refractivity contribution in [3.63, 3.8) is 0 Å². The third-order valence-electron chi connectivity index (χ3n) is 9.64. The second-order valence-electron chi connectivity index (χ2n) is 14.8. The smallest absolute Gasteiger partial charge is 0.162 e. The van der Waals surface area contributed by atoms with Crippen molar-refractivity contribution in [2.75, 3.05) is 20.8 Å². The van der Waals surface area contributed by atoms with Crippen molar-refractivity contribution >= 4 is 11.6 Å². The molecule has 0 fully saturated rings. The van der Waals surface area contributed by atoms with Crippen molar-refractivity contribution in [1.29, 1.82) is 0 Å². The van der Waals surface area contributed by atoms with Crippen LogP contribution in [0.1, 0.15) is 82.9 Å². The number of benzene rings is 3. The van der Waals surface area contributed by atoms with Gasteiger partial charge in [0.25, 0.3) is 0 Å². The first kappa shape index (κ1) is 33.4. The van der Waals surface area contributed by atoms with Crippen molar-refractivity contribution in [1.82, 2.24) is 4.90 Å². The van der Waals surface area contributed by atoms with E-state index < -0.39 is 5.92 Å². The zero-order valence-electron chi connectivity index (χ0n) is 29.3. The Labute approximate surface area is 284 Å². The van der Waals surface area contributed by atoms with Crippen LogP contribution in [0.3, 0.4) is 0 Å². The number of hydrogen-bond acceptors (Lipinski definition) is 7. The van der Waals surface area contributed by atoms with E-state index in [1.54, 1.807) is 7.11 Å². The minimum Gasteiger partial charge on any atom is -0.493 e. The summed E-state index contributed by atoms with van der Waals surface area (Å²) in [6.45, 7) is 11.8. The van der Waals surface area contributed by atoms with Gasteiger partial charge >= 0.3 is 0 Å². The number of carbonyl (C=O) groups excluding carboxylic acids is 2. The molecule has 0 radical (unpaired) electrons. The van der Waals surface area contributed by atoms with E-state index >= 15 is 0 Å². The SMILES string of the molecule is CCOc1cc(COc2ccc(C3C4=C(CC(C)(C)CC4=O)N(C)C4=C3C(=O)CC(C)(C)C4)cc2OC)ccc1OCc1ccccc1. The average molecular weight is 650 g/mol. The molecule has 0 bridgehead atoms. The molecule has 0 aromatic heterocycles. The molecular weight excluding hydrogens is 602 g/mol. The van der Waals surface area contributed by atoms with Gasteiger partial charge in [0.1, 0.15) is 13.2 Å². The molecule has 7 heteroatoms. The quantitative estimate of drug-likeness (QED) is 0.218. The molecule has 0 saturated heterocycles. The van der Waals surface area contributed by atoms with E-state index in [0.717, 1.165) is 52.1 Å².